The monoisotopic (exact) mass is 673 g/mol. The van der Waals surface area contributed by atoms with Crippen LogP contribution in [0.2, 0.25) is 0 Å². The third-order valence-corrected chi connectivity index (χ3v) is 13.4. The number of fused-ring (bicyclic) bond motifs is 8. The molecule has 0 atom stereocenters. The van der Waals surface area contributed by atoms with Crippen LogP contribution in [0.25, 0.3) is 66.1 Å². The topological polar surface area (TPSA) is 16.4 Å². The Balaban J connectivity index is 1.20. The summed E-state index contributed by atoms with van der Waals surface area (Å²) in [6, 6.07) is 63.9. The first-order valence-corrected chi connectivity index (χ1v) is 19.9. The second-order valence-corrected chi connectivity index (χ2v) is 17.3. The fourth-order valence-corrected chi connectivity index (χ4v) is 10.5. The van der Waals surface area contributed by atoms with Gasteiger partial charge in [0.05, 0.1) is 5.69 Å². The van der Waals surface area contributed by atoms with Crippen LogP contribution in [-0.2, 0) is 0 Å². The van der Waals surface area contributed by atoms with E-state index in [9.17, 15) is 0 Å². The zero-order chi connectivity index (χ0) is 34.1. The molecule has 2 heterocycles. The lowest BCUT2D eigenvalue weighted by Crippen LogP contribution is -2.11. The van der Waals surface area contributed by atoms with Gasteiger partial charge in [-0.25, -0.2) is 0 Å². The molecule has 0 unspecified atom stereocenters. The van der Waals surface area contributed by atoms with Crippen LogP contribution in [0.5, 0.6) is 0 Å². The highest BCUT2D eigenvalue weighted by molar-refractivity contribution is 8.33. The van der Waals surface area contributed by atoms with E-state index < -0.39 is 10.0 Å². The number of furan rings is 1. The van der Waals surface area contributed by atoms with Gasteiger partial charge < -0.3 is 9.32 Å². The van der Waals surface area contributed by atoms with Crippen LogP contribution in [0.1, 0.15) is 0 Å². The minimum atomic E-state index is -1.31. The molecule has 8 aromatic carbocycles. The van der Waals surface area contributed by atoms with Crippen LogP contribution >= 0.6 is 10.0 Å². The number of hydrogen-bond acceptors (Lipinski definition) is 2. The fraction of sp³-hybridized carbons (Fsp3) is 0.0417. The zero-order valence-corrected chi connectivity index (χ0v) is 29.3. The van der Waals surface area contributed by atoms with Crippen molar-refractivity contribution in [3.8, 4) is 33.4 Å². The lowest BCUT2D eigenvalue weighted by atomic mass is 9.98. The molecule has 3 heteroatoms. The van der Waals surface area contributed by atoms with Gasteiger partial charge in [-0.05, 0) is 106 Å². The van der Waals surface area contributed by atoms with E-state index in [4.69, 9.17) is 4.42 Å². The first kappa shape index (κ1) is 29.8. The van der Waals surface area contributed by atoms with E-state index in [1.54, 1.807) is 0 Å². The van der Waals surface area contributed by atoms with Gasteiger partial charge in [-0.3, -0.25) is 0 Å². The van der Waals surface area contributed by atoms with E-state index >= 15 is 0 Å². The van der Waals surface area contributed by atoms with Gasteiger partial charge in [0.25, 0.3) is 0 Å². The van der Waals surface area contributed by atoms with Crippen molar-refractivity contribution in [1.82, 2.24) is 0 Å². The highest BCUT2D eigenvalue weighted by Gasteiger charge is 2.37. The Hall–Kier alpha value is -6.03. The zero-order valence-electron chi connectivity index (χ0n) is 28.5. The number of para-hydroxylation sites is 1. The summed E-state index contributed by atoms with van der Waals surface area (Å²) in [5, 5.41) is 4.83. The molecule has 1 aliphatic rings. The van der Waals surface area contributed by atoms with Crippen LogP contribution in [-0.4, -0.2) is 12.5 Å². The van der Waals surface area contributed by atoms with Crippen LogP contribution in [0.15, 0.2) is 190 Å². The lowest BCUT2D eigenvalue weighted by molar-refractivity contribution is 0.669. The maximum absolute atomic E-state index is 6.76. The van der Waals surface area contributed by atoms with Crippen molar-refractivity contribution >= 4 is 59.8 Å². The second-order valence-electron chi connectivity index (χ2n) is 13.8. The number of nitrogens with zero attached hydrogens (tertiary/aromatic N) is 1. The van der Waals surface area contributed by atoms with E-state index in [-0.39, 0.29) is 0 Å². The maximum atomic E-state index is 6.76. The molecule has 0 aliphatic carbocycles. The lowest BCUT2D eigenvalue weighted by Gasteiger charge is -2.30. The van der Waals surface area contributed by atoms with E-state index in [0.717, 1.165) is 33.6 Å². The molecular formula is C48H35NOS. The van der Waals surface area contributed by atoms with Crippen LogP contribution in [0.3, 0.4) is 0 Å². The Labute approximate surface area is 299 Å². The summed E-state index contributed by atoms with van der Waals surface area (Å²) in [7, 11) is -1.31. The highest BCUT2D eigenvalue weighted by Crippen LogP contribution is 2.70. The molecule has 244 valence electrons. The summed E-state index contributed by atoms with van der Waals surface area (Å²) in [5.41, 5.74) is 12.6. The van der Waals surface area contributed by atoms with Crippen LogP contribution in [0, 0.1) is 0 Å². The molecule has 0 bridgehead atoms. The summed E-state index contributed by atoms with van der Waals surface area (Å²) in [5.74, 6) is 0. The third-order valence-electron chi connectivity index (χ3n) is 10.5. The standard InChI is InChI=1S/C48H35NOS/c1-51(2)44-21-11-19-42(46(44)47-45(51)29-28-41-40-18-8-9-20-43(40)50-48(41)47)49(39-17-10-16-36(31-39)32-12-4-3-5-13-32)38-26-24-34(25-27-38)37-23-22-33-14-6-7-15-35(33)30-37/h3-31H,1-2H3. The Morgan fingerprint density at radius 3 is 1.96 bits per heavy atom. The first-order valence-electron chi connectivity index (χ1n) is 17.4. The van der Waals surface area contributed by atoms with Crippen molar-refractivity contribution in [1.29, 1.82) is 0 Å². The molecular weight excluding hydrogens is 639 g/mol. The van der Waals surface area contributed by atoms with Gasteiger partial charge in [0.1, 0.15) is 11.2 Å². The molecule has 2 nitrogen and oxygen atoms in total. The van der Waals surface area contributed by atoms with Crippen molar-refractivity contribution in [2.45, 2.75) is 9.79 Å². The molecule has 0 spiro atoms. The first-order chi connectivity index (χ1) is 25.0. The minimum absolute atomic E-state index is 0.927. The predicted octanol–water partition coefficient (Wildman–Crippen LogP) is 14.0. The molecule has 0 amide bonds. The Bertz CT molecular complexity index is 2780. The normalized spacial score (nSPS) is 13.7. The van der Waals surface area contributed by atoms with Crippen molar-refractivity contribution < 1.29 is 4.42 Å². The van der Waals surface area contributed by atoms with Crippen molar-refractivity contribution in [2.24, 2.45) is 0 Å². The summed E-state index contributed by atoms with van der Waals surface area (Å²) in [4.78, 5) is 5.21. The molecule has 0 fully saturated rings. The number of hydrogen-bond donors (Lipinski definition) is 0. The summed E-state index contributed by atoms with van der Waals surface area (Å²) >= 11 is 0. The quantitative estimate of drug-likeness (QED) is 0.181. The smallest absolute Gasteiger partial charge is 0.144 e. The van der Waals surface area contributed by atoms with E-state index in [1.807, 2.05) is 0 Å². The van der Waals surface area contributed by atoms with Crippen molar-refractivity contribution in [3.63, 3.8) is 0 Å². The molecule has 51 heavy (non-hydrogen) atoms. The van der Waals surface area contributed by atoms with Gasteiger partial charge in [0.15, 0.2) is 0 Å². The predicted molar refractivity (Wildman–Crippen MR) is 218 cm³/mol. The van der Waals surface area contributed by atoms with Crippen molar-refractivity contribution in [2.75, 3.05) is 17.4 Å². The second kappa shape index (κ2) is 11.5. The summed E-state index contributed by atoms with van der Waals surface area (Å²) in [6.07, 6.45) is 4.85. The van der Waals surface area contributed by atoms with E-state index in [0.29, 0.717) is 0 Å². The molecule has 0 saturated heterocycles. The number of benzene rings is 8. The Morgan fingerprint density at radius 2 is 1.10 bits per heavy atom. The Morgan fingerprint density at radius 1 is 0.431 bits per heavy atom. The molecule has 0 N–H and O–H groups in total. The largest absolute Gasteiger partial charge is 0.455 e. The molecule has 1 aromatic heterocycles. The average Bonchev–Trinajstić information content (AvgIpc) is 3.68. The number of rotatable bonds is 5. The fourth-order valence-electron chi connectivity index (χ4n) is 7.99. The van der Waals surface area contributed by atoms with Gasteiger partial charge >= 0.3 is 0 Å². The van der Waals surface area contributed by atoms with Gasteiger partial charge in [-0.2, -0.15) is 10.0 Å². The molecule has 10 rings (SSSR count). The van der Waals surface area contributed by atoms with Crippen LogP contribution < -0.4 is 4.90 Å². The van der Waals surface area contributed by atoms with E-state index in [1.165, 1.54) is 59.3 Å². The van der Waals surface area contributed by atoms with Crippen LogP contribution in [0.4, 0.5) is 17.1 Å². The van der Waals surface area contributed by atoms with E-state index in [2.05, 4.69) is 193 Å². The van der Waals surface area contributed by atoms with Gasteiger partial charge in [0.2, 0.25) is 0 Å². The SMILES string of the molecule is CS1(C)c2cccc(N(c3ccc(-c4ccc5ccccc5c4)cc3)c3cccc(-c4ccccc4)c3)c2-c2c1ccc1c2oc2ccccc21. The minimum Gasteiger partial charge on any atom is -0.455 e. The maximum Gasteiger partial charge on any atom is 0.144 e. The average molecular weight is 674 g/mol. The third kappa shape index (κ3) is 4.73. The van der Waals surface area contributed by atoms with Gasteiger partial charge in [0, 0.05) is 43.1 Å². The van der Waals surface area contributed by atoms with Gasteiger partial charge in [-0.15, -0.1) is 0 Å². The highest BCUT2D eigenvalue weighted by atomic mass is 32.3. The summed E-state index contributed by atoms with van der Waals surface area (Å²) in [6.45, 7) is 0. The molecule has 0 saturated carbocycles. The van der Waals surface area contributed by atoms with Crippen molar-refractivity contribution in [3.05, 3.63) is 176 Å². The molecule has 1 aliphatic heterocycles. The summed E-state index contributed by atoms with van der Waals surface area (Å²) < 4.78 is 6.76. The number of anilines is 3. The Kier molecular flexibility index (Phi) is 6.74. The van der Waals surface area contributed by atoms with Gasteiger partial charge in [-0.1, -0.05) is 115 Å². The molecule has 9 aromatic rings. The molecule has 0 radical (unpaired) electrons.